The Hall–Kier alpha value is -2.95. The smallest absolute Gasteiger partial charge is 0.408 e. The number of alkyl carbamates (subject to hydrolysis) is 1. The molecule has 2 aromatic carbocycles. The van der Waals surface area contributed by atoms with Crippen LogP contribution in [0.15, 0.2) is 60.7 Å². The summed E-state index contributed by atoms with van der Waals surface area (Å²) in [7, 11) is -3.84. The molecule has 1 fully saturated rings. The van der Waals surface area contributed by atoms with E-state index in [-0.39, 0.29) is 39.5 Å². The van der Waals surface area contributed by atoms with Crippen molar-refractivity contribution in [1.29, 1.82) is 0 Å². The molecule has 172 valence electrons. The van der Waals surface area contributed by atoms with E-state index < -0.39 is 33.9 Å². The summed E-state index contributed by atoms with van der Waals surface area (Å²) >= 11 is 0. The maximum Gasteiger partial charge on any atom is 0.408 e. The number of esters is 1. The van der Waals surface area contributed by atoms with Gasteiger partial charge in [0.1, 0.15) is 19.3 Å². The summed E-state index contributed by atoms with van der Waals surface area (Å²) < 4.78 is 42.5. The molecule has 0 bridgehead atoms. The van der Waals surface area contributed by atoms with E-state index in [4.69, 9.17) is 14.2 Å². The van der Waals surface area contributed by atoms with Crippen molar-refractivity contribution in [2.24, 2.45) is 0 Å². The lowest BCUT2D eigenvalue weighted by molar-refractivity contribution is -0.146. The van der Waals surface area contributed by atoms with Crippen LogP contribution in [0.5, 0.6) is 0 Å². The predicted octanol–water partition coefficient (Wildman–Crippen LogP) is 1.69. The lowest BCUT2D eigenvalue weighted by atomic mass is 10.2. The van der Waals surface area contributed by atoms with Gasteiger partial charge in [-0.1, -0.05) is 60.7 Å². The number of morpholine rings is 1. The van der Waals surface area contributed by atoms with Crippen LogP contribution in [0.4, 0.5) is 4.79 Å². The number of carbonyl (C=O) groups excluding carboxylic acids is 2. The highest BCUT2D eigenvalue weighted by atomic mass is 32.2. The van der Waals surface area contributed by atoms with E-state index >= 15 is 0 Å². The Morgan fingerprint density at radius 1 is 0.906 bits per heavy atom. The molecule has 1 unspecified atom stereocenters. The average Bonchev–Trinajstić information content (AvgIpc) is 2.82. The van der Waals surface area contributed by atoms with Crippen LogP contribution < -0.4 is 5.32 Å². The first-order valence-electron chi connectivity index (χ1n) is 10.2. The molecule has 3 rings (SSSR count). The van der Waals surface area contributed by atoms with Crippen LogP contribution >= 0.6 is 0 Å². The Balaban J connectivity index is 1.64. The van der Waals surface area contributed by atoms with Crippen molar-refractivity contribution in [2.45, 2.75) is 19.3 Å². The fraction of sp³-hybridized carbons (Fsp3) is 0.364. The van der Waals surface area contributed by atoms with Gasteiger partial charge in [0.25, 0.3) is 0 Å². The van der Waals surface area contributed by atoms with Crippen molar-refractivity contribution in [3.05, 3.63) is 71.8 Å². The second-order valence-corrected chi connectivity index (χ2v) is 9.16. The molecule has 1 heterocycles. The van der Waals surface area contributed by atoms with Gasteiger partial charge in [-0.15, -0.1) is 0 Å². The lowest BCUT2D eigenvalue weighted by Gasteiger charge is -2.27. The molecule has 0 aromatic heterocycles. The van der Waals surface area contributed by atoms with Gasteiger partial charge >= 0.3 is 12.1 Å². The minimum atomic E-state index is -3.84. The molecule has 1 atom stereocenters. The lowest BCUT2D eigenvalue weighted by Crippen LogP contribution is -2.51. The Morgan fingerprint density at radius 2 is 1.44 bits per heavy atom. The number of amides is 1. The molecule has 1 amide bonds. The standard InChI is InChI=1S/C22H26N2O7S/c25-21(30-15-18-7-3-1-4-8-18)20(17-32(27,28)24-11-13-29-14-12-24)23-22(26)31-16-19-9-5-2-6-10-19/h1-10,20H,11-17H2,(H,23,26). The third-order valence-electron chi connectivity index (χ3n) is 4.75. The largest absolute Gasteiger partial charge is 0.459 e. The monoisotopic (exact) mass is 462 g/mol. The summed E-state index contributed by atoms with van der Waals surface area (Å²) in [5.74, 6) is -1.50. The number of rotatable bonds is 9. The molecule has 1 aliphatic heterocycles. The van der Waals surface area contributed by atoms with Crippen molar-refractivity contribution < 1.29 is 32.2 Å². The molecule has 1 saturated heterocycles. The normalized spacial score (nSPS) is 15.5. The Bertz CT molecular complexity index is 978. The fourth-order valence-corrected chi connectivity index (χ4v) is 4.60. The molecule has 32 heavy (non-hydrogen) atoms. The fourth-order valence-electron chi connectivity index (χ4n) is 3.05. The van der Waals surface area contributed by atoms with Crippen LogP contribution in [0.1, 0.15) is 11.1 Å². The molecule has 0 saturated carbocycles. The number of benzene rings is 2. The Morgan fingerprint density at radius 3 is 2.00 bits per heavy atom. The van der Waals surface area contributed by atoms with Crippen LogP contribution in [-0.2, 0) is 42.2 Å². The van der Waals surface area contributed by atoms with Crippen molar-refractivity contribution >= 4 is 22.1 Å². The zero-order chi connectivity index (χ0) is 22.8. The van der Waals surface area contributed by atoms with Crippen molar-refractivity contribution in [1.82, 2.24) is 9.62 Å². The third-order valence-corrected chi connectivity index (χ3v) is 6.66. The maximum atomic E-state index is 12.8. The molecule has 2 aromatic rings. The van der Waals surface area contributed by atoms with Crippen molar-refractivity contribution in [3.8, 4) is 0 Å². The first-order chi connectivity index (χ1) is 15.4. The molecule has 0 radical (unpaired) electrons. The van der Waals surface area contributed by atoms with Gasteiger partial charge in [-0.05, 0) is 11.1 Å². The van der Waals surface area contributed by atoms with E-state index in [9.17, 15) is 18.0 Å². The zero-order valence-electron chi connectivity index (χ0n) is 17.5. The number of sulfonamides is 1. The molecule has 9 nitrogen and oxygen atoms in total. The van der Waals surface area contributed by atoms with Crippen LogP contribution in [0.3, 0.4) is 0 Å². The Labute approximate surface area is 187 Å². The van der Waals surface area contributed by atoms with E-state index in [0.717, 1.165) is 11.1 Å². The number of hydrogen-bond donors (Lipinski definition) is 1. The molecule has 0 spiro atoms. The molecule has 0 aliphatic carbocycles. The summed E-state index contributed by atoms with van der Waals surface area (Å²) in [4.78, 5) is 25.0. The number of nitrogens with zero attached hydrogens (tertiary/aromatic N) is 1. The average molecular weight is 463 g/mol. The first kappa shape index (κ1) is 23.7. The van der Waals surface area contributed by atoms with E-state index in [1.165, 1.54) is 4.31 Å². The van der Waals surface area contributed by atoms with Gasteiger partial charge in [-0.3, -0.25) is 0 Å². The molecule has 10 heteroatoms. The van der Waals surface area contributed by atoms with Gasteiger partial charge in [0, 0.05) is 13.1 Å². The summed E-state index contributed by atoms with van der Waals surface area (Å²) in [5, 5.41) is 2.35. The first-order valence-corrected chi connectivity index (χ1v) is 11.8. The highest BCUT2D eigenvalue weighted by Gasteiger charge is 2.33. The van der Waals surface area contributed by atoms with E-state index in [2.05, 4.69) is 5.32 Å². The summed E-state index contributed by atoms with van der Waals surface area (Å²) in [6.45, 7) is 0.853. The van der Waals surface area contributed by atoms with Gasteiger partial charge in [-0.2, -0.15) is 4.31 Å². The van der Waals surface area contributed by atoms with E-state index in [1.807, 2.05) is 12.1 Å². The van der Waals surface area contributed by atoms with Crippen LogP contribution in [0.2, 0.25) is 0 Å². The summed E-state index contributed by atoms with van der Waals surface area (Å²) in [5.41, 5.74) is 1.49. The molecular formula is C22H26N2O7S. The van der Waals surface area contributed by atoms with E-state index in [0.29, 0.717) is 0 Å². The van der Waals surface area contributed by atoms with Gasteiger partial charge in [-0.25, -0.2) is 18.0 Å². The number of ether oxygens (including phenoxy) is 3. The number of hydrogen-bond acceptors (Lipinski definition) is 7. The second-order valence-electron chi connectivity index (χ2n) is 7.14. The zero-order valence-corrected chi connectivity index (χ0v) is 18.3. The third kappa shape index (κ3) is 7.33. The molecule has 1 N–H and O–H groups in total. The van der Waals surface area contributed by atoms with Crippen LogP contribution in [0.25, 0.3) is 0 Å². The van der Waals surface area contributed by atoms with Gasteiger partial charge in [0.2, 0.25) is 10.0 Å². The van der Waals surface area contributed by atoms with Gasteiger partial charge in [0.15, 0.2) is 0 Å². The van der Waals surface area contributed by atoms with Crippen molar-refractivity contribution in [2.75, 3.05) is 32.1 Å². The topological polar surface area (TPSA) is 111 Å². The quantitative estimate of drug-likeness (QED) is 0.565. The predicted molar refractivity (Wildman–Crippen MR) is 116 cm³/mol. The SMILES string of the molecule is O=C(NC(CS(=O)(=O)N1CCOCC1)C(=O)OCc1ccccc1)OCc1ccccc1. The second kappa shape index (κ2) is 11.6. The van der Waals surface area contributed by atoms with Crippen molar-refractivity contribution in [3.63, 3.8) is 0 Å². The number of carbonyl (C=O) groups is 2. The minimum absolute atomic E-state index is 0.0192. The minimum Gasteiger partial charge on any atom is -0.459 e. The molecule has 1 aliphatic rings. The van der Waals surface area contributed by atoms with Crippen LogP contribution in [-0.4, -0.2) is 62.9 Å². The van der Waals surface area contributed by atoms with E-state index in [1.54, 1.807) is 48.5 Å². The van der Waals surface area contributed by atoms with Crippen LogP contribution in [0, 0.1) is 0 Å². The summed E-state index contributed by atoms with van der Waals surface area (Å²) in [6, 6.07) is 16.5. The molecular weight excluding hydrogens is 436 g/mol. The van der Waals surface area contributed by atoms with Gasteiger partial charge in [0.05, 0.1) is 19.0 Å². The summed E-state index contributed by atoms with van der Waals surface area (Å²) in [6.07, 6.45) is -0.910. The van der Waals surface area contributed by atoms with Gasteiger partial charge < -0.3 is 19.5 Å². The maximum absolute atomic E-state index is 12.8. The Kier molecular flexibility index (Phi) is 8.60. The highest BCUT2D eigenvalue weighted by Crippen LogP contribution is 2.10. The highest BCUT2D eigenvalue weighted by molar-refractivity contribution is 7.89. The number of nitrogens with one attached hydrogen (secondary N) is 1.